The number of ether oxygens (including phenoxy) is 1. The topological polar surface area (TPSA) is 74.3 Å². The molecule has 0 aliphatic carbocycles. The number of para-hydroxylation sites is 1. The highest BCUT2D eigenvalue weighted by Crippen LogP contribution is 2.34. The first-order valence-electron chi connectivity index (χ1n) is 9.75. The second-order valence-electron chi connectivity index (χ2n) is 7.34. The summed E-state index contributed by atoms with van der Waals surface area (Å²) in [4.78, 5) is 29.2. The van der Waals surface area contributed by atoms with Crippen LogP contribution in [0.1, 0.15) is 18.2 Å². The van der Waals surface area contributed by atoms with Gasteiger partial charge in [-0.1, -0.05) is 18.2 Å². The number of nitrogens with one attached hydrogen (secondary N) is 1. The van der Waals surface area contributed by atoms with Crippen LogP contribution < -0.4 is 4.90 Å². The predicted molar refractivity (Wildman–Crippen MR) is 107 cm³/mol. The summed E-state index contributed by atoms with van der Waals surface area (Å²) in [5, 5.41) is 1.16. The summed E-state index contributed by atoms with van der Waals surface area (Å²) in [7, 11) is 0. The molecule has 4 heterocycles. The van der Waals surface area contributed by atoms with Gasteiger partial charge in [-0.2, -0.15) is 0 Å². The van der Waals surface area contributed by atoms with Crippen LogP contribution in [-0.4, -0.2) is 58.6 Å². The van der Waals surface area contributed by atoms with Gasteiger partial charge in [0.25, 0.3) is 0 Å². The van der Waals surface area contributed by atoms with Gasteiger partial charge in [0.05, 0.1) is 31.1 Å². The van der Waals surface area contributed by atoms with Crippen molar-refractivity contribution in [1.82, 2.24) is 19.9 Å². The maximum atomic E-state index is 11.9. The minimum atomic E-state index is 0.0887. The molecule has 1 aromatic carbocycles. The summed E-state index contributed by atoms with van der Waals surface area (Å²) < 4.78 is 5.49. The summed E-state index contributed by atoms with van der Waals surface area (Å²) in [5.74, 6) is 0.818. The van der Waals surface area contributed by atoms with Gasteiger partial charge in [-0.05, 0) is 12.5 Å². The van der Waals surface area contributed by atoms with Crippen LogP contribution in [0.3, 0.4) is 0 Å². The zero-order valence-corrected chi connectivity index (χ0v) is 15.9. The first-order valence-corrected chi connectivity index (χ1v) is 9.75. The Bertz CT molecular complexity index is 1040. The maximum Gasteiger partial charge on any atom is 0.226 e. The van der Waals surface area contributed by atoms with Crippen molar-refractivity contribution in [1.29, 1.82) is 0 Å². The summed E-state index contributed by atoms with van der Waals surface area (Å²) in [6.07, 6.45) is 2.81. The first kappa shape index (κ1) is 17.2. The Labute approximate surface area is 163 Å². The molecule has 2 aliphatic rings. The number of hydrogen-bond donors (Lipinski definition) is 1. The Morgan fingerprint density at radius 3 is 2.79 bits per heavy atom. The van der Waals surface area contributed by atoms with E-state index in [2.05, 4.69) is 22.0 Å². The zero-order valence-electron chi connectivity index (χ0n) is 15.9. The van der Waals surface area contributed by atoms with Gasteiger partial charge in [-0.15, -0.1) is 0 Å². The molecule has 0 atom stereocenters. The van der Waals surface area contributed by atoms with Crippen LogP contribution in [0.2, 0.25) is 0 Å². The number of nitrogens with zero attached hydrogens (tertiary/aromatic N) is 4. The fourth-order valence-corrected chi connectivity index (χ4v) is 4.08. The average Bonchev–Trinajstić information content (AvgIpc) is 3.17. The molecule has 0 unspecified atom stereocenters. The number of H-pyrrole nitrogens is 1. The highest BCUT2D eigenvalue weighted by atomic mass is 16.5. The summed E-state index contributed by atoms with van der Waals surface area (Å²) >= 11 is 0. The van der Waals surface area contributed by atoms with Crippen molar-refractivity contribution in [2.75, 3.05) is 37.7 Å². The molecular formula is C21H23N5O2. The van der Waals surface area contributed by atoms with E-state index >= 15 is 0 Å². The number of aromatic amines is 1. The van der Waals surface area contributed by atoms with E-state index in [4.69, 9.17) is 14.7 Å². The van der Waals surface area contributed by atoms with Crippen molar-refractivity contribution < 1.29 is 9.53 Å². The number of carbonyl (C=O) groups is 1. The zero-order chi connectivity index (χ0) is 19.1. The number of amides is 1. The van der Waals surface area contributed by atoms with Gasteiger partial charge in [0.15, 0.2) is 0 Å². The van der Waals surface area contributed by atoms with Crippen molar-refractivity contribution >= 4 is 22.8 Å². The molecule has 7 nitrogen and oxygen atoms in total. The molecule has 0 radical (unpaired) electrons. The number of carbonyl (C=O) groups excluding carboxylic acids is 1. The van der Waals surface area contributed by atoms with Crippen LogP contribution in [0.5, 0.6) is 0 Å². The molecule has 2 aromatic heterocycles. The standard InChI is InChI=1S/C21H23N5O2/c1-14(27)26-7-6-16-19(13-26)23-21(25-8-10-28-11-9-25)24-20(16)17-12-22-18-5-3-2-4-15(17)18/h2-5,12,22H,6-11,13H2,1H3. The van der Waals surface area contributed by atoms with Gasteiger partial charge in [-0.3, -0.25) is 4.79 Å². The Balaban J connectivity index is 1.66. The van der Waals surface area contributed by atoms with Crippen molar-refractivity contribution in [3.05, 3.63) is 41.7 Å². The Kier molecular flexibility index (Phi) is 4.24. The molecule has 0 saturated carbocycles. The minimum Gasteiger partial charge on any atom is -0.378 e. The summed E-state index contributed by atoms with van der Waals surface area (Å²) in [6.45, 7) is 5.80. The number of fused-ring (bicyclic) bond motifs is 2. The lowest BCUT2D eigenvalue weighted by Gasteiger charge is -2.31. The average molecular weight is 377 g/mol. The Morgan fingerprint density at radius 2 is 1.96 bits per heavy atom. The van der Waals surface area contributed by atoms with Crippen LogP contribution in [0.4, 0.5) is 5.95 Å². The Hall–Kier alpha value is -2.93. The van der Waals surface area contributed by atoms with Crippen molar-refractivity contribution in [3.8, 4) is 11.3 Å². The maximum absolute atomic E-state index is 11.9. The van der Waals surface area contributed by atoms with E-state index in [-0.39, 0.29) is 5.91 Å². The van der Waals surface area contributed by atoms with Gasteiger partial charge in [0, 0.05) is 54.8 Å². The molecule has 2 aliphatic heterocycles. The van der Waals surface area contributed by atoms with E-state index in [0.29, 0.717) is 26.3 Å². The molecular weight excluding hydrogens is 354 g/mol. The second-order valence-corrected chi connectivity index (χ2v) is 7.34. The normalized spacial score (nSPS) is 17.0. The highest BCUT2D eigenvalue weighted by Gasteiger charge is 2.27. The molecule has 28 heavy (non-hydrogen) atoms. The quantitative estimate of drug-likeness (QED) is 0.742. The van der Waals surface area contributed by atoms with Crippen molar-refractivity contribution in [3.63, 3.8) is 0 Å². The molecule has 144 valence electrons. The van der Waals surface area contributed by atoms with Crippen LogP contribution in [0.25, 0.3) is 22.2 Å². The van der Waals surface area contributed by atoms with E-state index < -0.39 is 0 Å². The van der Waals surface area contributed by atoms with Crippen molar-refractivity contribution in [2.24, 2.45) is 0 Å². The van der Waals surface area contributed by atoms with Gasteiger partial charge in [-0.25, -0.2) is 9.97 Å². The van der Waals surface area contributed by atoms with Gasteiger partial charge in [0.2, 0.25) is 11.9 Å². The van der Waals surface area contributed by atoms with E-state index in [1.807, 2.05) is 23.2 Å². The Morgan fingerprint density at radius 1 is 1.14 bits per heavy atom. The van der Waals surface area contributed by atoms with E-state index in [0.717, 1.165) is 58.9 Å². The highest BCUT2D eigenvalue weighted by molar-refractivity contribution is 5.95. The first-order chi connectivity index (χ1) is 13.7. The molecule has 5 rings (SSSR count). The summed E-state index contributed by atoms with van der Waals surface area (Å²) in [5.41, 5.74) is 5.28. The largest absolute Gasteiger partial charge is 0.378 e. The minimum absolute atomic E-state index is 0.0887. The molecule has 1 saturated heterocycles. The molecule has 0 spiro atoms. The van der Waals surface area contributed by atoms with Gasteiger partial charge in [0.1, 0.15) is 0 Å². The van der Waals surface area contributed by atoms with E-state index in [9.17, 15) is 4.79 Å². The van der Waals surface area contributed by atoms with Crippen LogP contribution >= 0.6 is 0 Å². The third-order valence-corrected chi connectivity index (χ3v) is 5.64. The summed E-state index contributed by atoms with van der Waals surface area (Å²) in [6, 6.07) is 8.28. The number of morpholine rings is 1. The lowest BCUT2D eigenvalue weighted by Crippen LogP contribution is -2.39. The van der Waals surface area contributed by atoms with Crippen molar-refractivity contribution in [2.45, 2.75) is 19.9 Å². The monoisotopic (exact) mass is 377 g/mol. The second kappa shape index (κ2) is 6.91. The van der Waals surface area contributed by atoms with E-state index in [1.54, 1.807) is 6.92 Å². The fraction of sp³-hybridized carbons (Fsp3) is 0.381. The third-order valence-electron chi connectivity index (χ3n) is 5.64. The van der Waals surface area contributed by atoms with Crippen LogP contribution in [0, 0.1) is 0 Å². The number of benzene rings is 1. The predicted octanol–water partition coefficient (Wildman–Crippen LogP) is 2.37. The van der Waals surface area contributed by atoms with E-state index in [1.165, 1.54) is 0 Å². The number of hydrogen-bond acceptors (Lipinski definition) is 5. The SMILES string of the molecule is CC(=O)N1CCc2c(nc(N3CCOCC3)nc2-c2c[nH]c3ccccc23)C1. The van der Waals surface area contributed by atoms with Crippen LogP contribution in [-0.2, 0) is 22.5 Å². The number of aromatic nitrogens is 3. The van der Waals surface area contributed by atoms with Crippen LogP contribution in [0.15, 0.2) is 30.5 Å². The lowest BCUT2D eigenvalue weighted by molar-refractivity contribution is -0.129. The molecule has 1 fully saturated rings. The molecule has 1 N–H and O–H groups in total. The lowest BCUT2D eigenvalue weighted by atomic mass is 9.98. The molecule has 0 bridgehead atoms. The molecule has 1 amide bonds. The molecule has 3 aromatic rings. The number of rotatable bonds is 2. The van der Waals surface area contributed by atoms with Gasteiger partial charge < -0.3 is 19.5 Å². The van der Waals surface area contributed by atoms with Gasteiger partial charge >= 0.3 is 0 Å². The number of anilines is 1. The smallest absolute Gasteiger partial charge is 0.226 e. The fourth-order valence-electron chi connectivity index (χ4n) is 4.08. The molecule has 7 heteroatoms. The third kappa shape index (κ3) is 2.92.